The van der Waals surface area contributed by atoms with Crippen LogP contribution in [0.2, 0.25) is 18.1 Å². The van der Waals surface area contributed by atoms with E-state index in [-0.39, 0.29) is 65.2 Å². The van der Waals surface area contributed by atoms with Crippen molar-refractivity contribution in [2.45, 2.75) is 211 Å². The van der Waals surface area contributed by atoms with Gasteiger partial charge in [-0.05, 0) is 82.3 Å². The Morgan fingerprint density at radius 2 is 1.64 bits per heavy atom. The summed E-state index contributed by atoms with van der Waals surface area (Å²) in [5.74, 6) is -2.22. The molecule has 326 valence electrons. The largest absolute Gasteiger partial charge is 0.469 e. The van der Waals surface area contributed by atoms with E-state index < -0.39 is 49.2 Å². The molecule has 0 bridgehead atoms. The van der Waals surface area contributed by atoms with E-state index in [1.807, 2.05) is 20.8 Å². The molecule has 5 aliphatic heterocycles. The lowest BCUT2D eigenvalue weighted by Gasteiger charge is -2.50. The molecule has 12 heteroatoms. The first-order chi connectivity index (χ1) is 26.0. The average molecular weight is 813 g/mol. The third-order valence-electron chi connectivity index (χ3n) is 15.8. The molecule has 5 saturated heterocycles. The van der Waals surface area contributed by atoms with Crippen LogP contribution in [0.1, 0.15) is 128 Å². The van der Waals surface area contributed by atoms with Crippen molar-refractivity contribution in [2.24, 2.45) is 35.5 Å². The second-order valence-electron chi connectivity index (χ2n) is 20.5. The highest BCUT2D eigenvalue weighted by Gasteiger charge is 2.62. The number of hydrogen-bond donors (Lipinski definition) is 1. The van der Waals surface area contributed by atoms with Crippen molar-refractivity contribution < 1.29 is 52.2 Å². The molecular formula is C44H80O11Si. The van der Waals surface area contributed by atoms with Gasteiger partial charge in [0.1, 0.15) is 0 Å². The van der Waals surface area contributed by atoms with Crippen LogP contribution >= 0.6 is 0 Å². The first kappa shape index (κ1) is 46.4. The number of hydrogen-bond acceptors (Lipinski definition) is 11. The van der Waals surface area contributed by atoms with E-state index >= 15 is 0 Å². The Balaban J connectivity index is 1.28. The van der Waals surface area contributed by atoms with Gasteiger partial charge in [-0.25, -0.2) is 0 Å². The zero-order chi connectivity index (χ0) is 41.8. The molecule has 0 aromatic heterocycles. The summed E-state index contributed by atoms with van der Waals surface area (Å²) in [4.78, 5) is 12.5. The standard InChI is InChI=1S/C44H80O11Si/c1-17-42(38-27(3)23-33(51-38)35-26(2)22-28(4)44(49-14,54-35)25-50-56(15,16)40(8,9)10)19-18-34(52-42)41(11)20-21-43(55-41)24-32(45)29(5)37(53-43)30(6)36(47-12)31(7)39(46)48-13/h26-38,45H,17-25H2,1-16H3/t26-,27-,28+,29+,30-,31-,32-,33+,34+,35-,36+,37-,38+,41-,42-,43+,44-/m0/s1. The average Bonchev–Trinajstić information content (AvgIpc) is 3.85. The summed E-state index contributed by atoms with van der Waals surface area (Å²) >= 11 is 0. The van der Waals surface area contributed by atoms with Crippen molar-refractivity contribution >= 4 is 14.3 Å². The first-order valence-electron chi connectivity index (χ1n) is 21.8. The molecule has 0 radical (unpaired) electrons. The number of rotatable bonds is 13. The second kappa shape index (κ2) is 17.0. The summed E-state index contributed by atoms with van der Waals surface area (Å²) in [5, 5.41) is 11.5. The lowest BCUT2D eigenvalue weighted by molar-refractivity contribution is -0.337. The maximum Gasteiger partial charge on any atom is 0.311 e. The predicted octanol–water partition coefficient (Wildman–Crippen LogP) is 8.04. The summed E-state index contributed by atoms with van der Waals surface area (Å²) in [6.07, 6.45) is 4.30. The van der Waals surface area contributed by atoms with E-state index in [2.05, 4.69) is 68.5 Å². The molecule has 1 N–H and O–H groups in total. The summed E-state index contributed by atoms with van der Waals surface area (Å²) in [5.41, 5.74) is -1.06. The fourth-order valence-corrected chi connectivity index (χ4v) is 11.9. The van der Waals surface area contributed by atoms with Gasteiger partial charge in [0.25, 0.3) is 0 Å². The van der Waals surface area contributed by atoms with Crippen LogP contribution in [0, 0.1) is 35.5 Å². The molecule has 5 fully saturated rings. The van der Waals surface area contributed by atoms with E-state index in [9.17, 15) is 9.90 Å². The molecule has 0 saturated carbocycles. The van der Waals surface area contributed by atoms with Crippen molar-refractivity contribution in [3.63, 3.8) is 0 Å². The molecule has 0 aliphatic carbocycles. The first-order valence-corrected chi connectivity index (χ1v) is 24.7. The van der Waals surface area contributed by atoms with Gasteiger partial charge >= 0.3 is 5.97 Å². The monoisotopic (exact) mass is 813 g/mol. The zero-order valence-electron chi connectivity index (χ0n) is 37.9. The van der Waals surface area contributed by atoms with Gasteiger partial charge in [0.05, 0.1) is 73.6 Å². The van der Waals surface area contributed by atoms with Crippen molar-refractivity contribution in [3.05, 3.63) is 0 Å². The van der Waals surface area contributed by atoms with Crippen LogP contribution < -0.4 is 0 Å². The Bertz CT molecular complexity index is 1340. The van der Waals surface area contributed by atoms with Gasteiger partial charge in [-0.3, -0.25) is 4.79 Å². The highest BCUT2D eigenvalue weighted by atomic mass is 28.4. The van der Waals surface area contributed by atoms with Crippen molar-refractivity contribution in [2.75, 3.05) is 27.9 Å². The van der Waals surface area contributed by atoms with Gasteiger partial charge in [-0.15, -0.1) is 0 Å². The Morgan fingerprint density at radius 1 is 0.964 bits per heavy atom. The van der Waals surface area contributed by atoms with Crippen LogP contribution in [0.15, 0.2) is 0 Å². The fourth-order valence-electron chi connectivity index (χ4n) is 10.9. The zero-order valence-corrected chi connectivity index (χ0v) is 38.9. The Hall–Kier alpha value is -0.673. The maximum atomic E-state index is 12.5. The molecule has 0 unspecified atom stereocenters. The number of carbonyl (C=O) groups excluding carboxylic acids is 1. The van der Waals surface area contributed by atoms with Crippen LogP contribution in [-0.2, 0) is 47.1 Å². The smallest absolute Gasteiger partial charge is 0.311 e. The summed E-state index contributed by atoms with van der Waals surface area (Å²) < 4.78 is 59.4. The fraction of sp³-hybridized carbons (Fsp3) is 0.977. The molecule has 5 heterocycles. The third kappa shape index (κ3) is 8.60. The lowest BCUT2D eigenvalue weighted by Crippen LogP contribution is -2.59. The summed E-state index contributed by atoms with van der Waals surface area (Å²) in [6, 6.07) is 0. The van der Waals surface area contributed by atoms with Gasteiger partial charge in [-0.2, -0.15) is 0 Å². The maximum absolute atomic E-state index is 12.5. The van der Waals surface area contributed by atoms with Crippen LogP contribution in [0.3, 0.4) is 0 Å². The number of aliphatic hydroxyl groups excluding tert-OH is 1. The van der Waals surface area contributed by atoms with Gasteiger partial charge in [0.2, 0.25) is 0 Å². The van der Waals surface area contributed by atoms with Gasteiger partial charge in [0.15, 0.2) is 19.9 Å². The molecule has 11 nitrogen and oxygen atoms in total. The van der Waals surface area contributed by atoms with Crippen LogP contribution in [0.5, 0.6) is 0 Å². The molecule has 0 aromatic carbocycles. The van der Waals surface area contributed by atoms with Crippen LogP contribution in [-0.4, -0.2) is 113 Å². The molecule has 17 atom stereocenters. The van der Waals surface area contributed by atoms with E-state index in [4.69, 9.17) is 42.3 Å². The van der Waals surface area contributed by atoms with Crippen molar-refractivity contribution in [3.8, 4) is 0 Å². The van der Waals surface area contributed by atoms with E-state index in [0.717, 1.165) is 38.5 Å². The van der Waals surface area contributed by atoms with Crippen molar-refractivity contribution in [1.29, 1.82) is 0 Å². The number of carbonyl (C=O) groups is 1. The normalized spacial score (nSPS) is 45.2. The molecule has 5 rings (SSSR count). The molecule has 56 heavy (non-hydrogen) atoms. The van der Waals surface area contributed by atoms with Gasteiger partial charge in [-0.1, -0.05) is 62.3 Å². The minimum atomic E-state index is -2.03. The quantitative estimate of drug-likeness (QED) is 0.144. The Kier molecular flexibility index (Phi) is 14.1. The molecule has 5 aliphatic rings. The minimum Gasteiger partial charge on any atom is -0.469 e. The van der Waals surface area contributed by atoms with Gasteiger partial charge < -0.3 is 47.4 Å². The van der Waals surface area contributed by atoms with Crippen molar-refractivity contribution in [1.82, 2.24) is 0 Å². The Morgan fingerprint density at radius 3 is 2.23 bits per heavy atom. The second-order valence-corrected chi connectivity index (χ2v) is 25.4. The van der Waals surface area contributed by atoms with Crippen LogP contribution in [0.4, 0.5) is 0 Å². The molecule has 0 amide bonds. The number of ether oxygens (including phenoxy) is 8. The Labute approximate surface area is 340 Å². The lowest BCUT2D eigenvalue weighted by atomic mass is 9.78. The third-order valence-corrected chi connectivity index (χ3v) is 20.2. The van der Waals surface area contributed by atoms with E-state index in [0.29, 0.717) is 25.4 Å². The highest BCUT2D eigenvalue weighted by Crippen LogP contribution is 2.55. The summed E-state index contributed by atoms with van der Waals surface area (Å²) in [6.45, 7) is 28.8. The topological polar surface area (TPSA) is 120 Å². The number of methoxy groups -OCH3 is 3. The minimum absolute atomic E-state index is 0.0802. The van der Waals surface area contributed by atoms with E-state index in [1.54, 1.807) is 14.2 Å². The SMILES string of the molecule is CC[C@@]1([C@@H]2O[C@@H]([C@H]3O[C@](CO[Si](C)(C)C(C)(C)C)(OC)[C@H](C)C[C@@H]3C)C[C@@H]2C)CC[C@H]([C@]2(C)CC[C@]3(C[C@H](O)[C@@H](C)[C@@H]([C@@H](C)[C@@H](OC)[C@H](C)C(=O)OC)O3)O2)O1. The number of aliphatic hydroxyl groups is 1. The van der Waals surface area contributed by atoms with Crippen LogP contribution in [0.25, 0.3) is 0 Å². The predicted molar refractivity (Wildman–Crippen MR) is 218 cm³/mol. The van der Waals surface area contributed by atoms with E-state index in [1.165, 1.54) is 7.11 Å². The molecular weight excluding hydrogens is 733 g/mol. The number of esters is 1. The summed E-state index contributed by atoms with van der Waals surface area (Å²) in [7, 11) is 2.73. The van der Waals surface area contributed by atoms with Gasteiger partial charge in [0, 0.05) is 44.8 Å². The molecule has 1 spiro atoms. The highest BCUT2D eigenvalue weighted by molar-refractivity contribution is 6.74. The molecule has 0 aromatic rings.